The third kappa shape index (κ3) is 4.10. The van der Waals surface area contributed by atoms with E-state index in [1.807, 2.05) is 36.7 Å². The van der Waals surface area contributed by atoms with Crippen molar-refractivity contribution in [2.24, 2.45) is 0 Å². The number of carbonyl (C=O) groups excluding carboxylic acids is 1. The molecule has 0 saturated heterocycles. The number of aromatic nitrogens is 2. The summed E-state index contributed by atoms with van der Waals surface area (Å²) < 4.78 is 6.98. The van der Waals surface area contributed by atoms with Crippen LogP contribution in [-0.4, -0.2) is 28.4 Å². The molecular formula is C17H23N3O2. The molecule has 2 aromatic rings. The van der Waals surface area contributed by atoms with Crippen molar-refractivity contribution < 1.29 is 9.53 Å². The molecule has 5 nitrogen and oxygen atoms in total. The second kappa shape index (κ2) is 7.11. The molecule has 0 aliphatic carbocycles. The maximum absolute atomic E-state index is 11.7. The predicted octanol–water partition coefficient (Wildman–Crippen LogP) is 2.91. The van der Waals surface area contributed by atoms with Gasteiger partial charge in [0.05, 0.1) is 18.8 Å². The summed E-state index contributed by atoms with van der Waals surface area (Å²) in [4.78, 5) is 11.7. The first kappa shape index (κ1) is 16.1. The molecule has 1 aromatic carbocycles. The van der Waals surface area contributed by atoms with Crippen LogP contribution in [0.1, 0.15) is 30.8 Å². The summed E-state index contributed by atoms with van der Waals surface area (Å²) in [5.41, 5.74) is 4.19. The Hall–Kier alpha value is -2.30. The number of hydrogen-bond acceptors (Lipinski definition) is 4. The van der Waals surface area contributed by atoms with E-state index in [2.05, 4.69) is 22.5 Å². The fourth-order valence-electron chi connectivity index (χ4n) is 2.34. The number of carbonyl (C=O) groups is 1. The molecule has 1 aromatic heterocycles. The van der Waals surface area contributed by atoms with Crippen molar-refractivity contribution in [3.63, 3.8) is 0 Å². The minimum Gasteiger partial charge on any atom is -0.464 e. The normalized spacial score (nSPS) is 12.0. The van der Waals surface area contributed by atoms with E-state index in [-0.39, 0.29) is 12.0 Å². The van der Waals surface area contributed by atoms with Crippen LogP contribution in [0.2, 0.25) is 0 Å². The summed E-state index contributed by atoms with van der Waals surface area (Å²) in [6.07, 6.45) is 0. The van der Waals surface area contributed by atoms with Crippen LogP contribution in [0.15, 0.2) is 30.3 Å². The molecule has 0 aliphatic rings. The Bertz CT molecular complexity index is 649. The molecule has 1 N–H and O–H groups in total. The van der Waals surface area contributed by atoms with Gasteiger partial charge in [0.25, 0.3) is 0 Å². The Morgan fingerprint density at radius 3 is 2.77 bits per heavy atom. The van der Waals surface area contributed by atoms with Gasteiger partial charge in [-0.1, -0.05) is 12.1 Å². The third-order valence-electron chi connectivity index (χ3n) is 3.39. The SMILES string of the molecule is CCOC(=O)[C@@H](C)Nc1cccc(Cn2nc(C)cc2C)c1. The summed E-state index contributed by atoms with van der Waals surface area (Å²) in [6.45, 7) is 8.74. The number of ether oxygens (including phenoxy) is 1. The van der Waals surface area contributed by atoms with Gasteiger partial charge in [-0.15, -0.1) is 0 Å². The van der Waals surface area contributed by atoms with Gasteiger partial charge in [-0.2, -0.15) is 5.10 Å². The first-order valence-electron chi connectivity index (χ1n) is 7.52. The molecule has 1 atom stereocenters. The van der Waals surface area contributed by atoms with Crippen molar-refractivity contribution in [3.05, 3.63) is 47.3 Å². The molecule has 118 valence electrons. The third-order valence-corrected chi connectivity index (χ3v) is 3.39. The average molecular weight is 301 g/mol. The molecule has 2 rings (SSSR count). The van der Waals surface area contributed by atoms with E-state index in [4.69, 9.17) is 4.74 Å². The monoisotopic (exact) mass is 301 g/mol. The molecule has 0 aliphatic heterocycles. The van der Waals surface area contributed by atoms with E-state index in [1.54, 1.807) is 13.8 Å². The van der Waals surface area contributed by atoms with Crippen molar-refractivity contribution >= 4 is 11.7 Å². The number of benzene rings is 1. The molecule has 0 unspecified atom stereocenters. The van der Waals surface area contributed by atoms with Crippen LogP contribution < -0.4 is 5.32 Å². The highest BCUT2D eigenvalue weighted by molar-refractivity contribution is 5.78. The van der Waals surface area contributed by atoms with E-state index < -0.39 is 0 Å². The lowest BCUT2D eigenvalue weighted by Crippen LogP contribution is -2.28. The fraction of sp³-hybridized carbons (Fsp3) is 0.412. The minimum absolute atomic E-state index is 0.244. The first-order valence-corrected chi connectivity index (χ1v) is 7.52. The number of nitrogens with zero attached hydrogens (tertiary/aromatic N) is 2. The van der Waals surface area contributed by atoms with Crippen molar-refractivity contribution in [3.8, 4) is 0 Å². The molecule has 0 radical (unpaired) electrons. The van der Waals surface area contributed by atoms with Crippen molar-refractivity contribution in [2.45, 2.75) is 40.3 Å². The van der Waals surface area contributed by atoms with Gasteiger partial charge < -0.3 is 10.1 Å². The highest BCUT2D eigenvalue weighted by Gasteiger charge is 2.13. The zero-order valence-electron chi connectivity index (χ0n) is 13.6. The lowest BCUT2D eigenvalue weighted by molar-refractivity contribution is -0.143. The van der Waals surface area contributed by atoms with Gasteiger partial charge in [0.1, 0.15) is 6.04 Å². The average Bonchev–Trinajstić information content (AvgIpc) is 2.77. The van der Waals surface area contributed by atoms with E-state index in [0.717, 1.165) is 22.6 Å². The molecular weight excluding hydrogens is 278 g/mol. The van der Waals surface area contributed by atoms with Crippen molar-refractivity contribution in [1.82, 2.24) is 9.78 Å². The molecule has 0 saturated carbocycles. The van der Waals surface area contributed by atoms with Crippen molar-refractivity contribution in [1.29, 1.82) is 0 Å². The summed E-state index contributed by atoms with van der Waals surface area (Å²) in [6, 6.07) is 9.69. The van der Waals surface area contributed by atoms with Crippen LogP contribution in [0.25, 0.3) is 0 Å². The van der Waals surface area contributed by atoms with Gasteiger partial charge >= 0.3 is 5.97 Å². The molecule has 5 heteroatoms. The highest BCUT2D eigenvalue weighted by atomic mass is 16.5. The number of aryl methyl sites for hydroxylation is 2. The van der Waals surface area contributed by atoms with Gasteiger partial charge in [-0.3, -0.25) is 4.68 Å². The zero-order valence-corrected chi connectivity index (χ0v) is 13.6. The summed E-state index contributed by atoms with van der Waals surface area (Å²) in [5, 5.41) is 7.64. The Balaban J connectivity index is 2.06. The van der Waals surface area contributed by atoms with Crippen LogP contribution in [0.3, 0.4) is 0 Å². The van der Waals surface area contributed by atoms with Gasteiger partial charge in [-0.25, -0.2) is 4.79 Å². The quantitative estimate of drug-likeness (QED) is 0.834. The summed E-state index contributed by atoms with van der Waals surface area (Å²) in [7, 11) is 0. The summed E-state index contributed by atoms with van der Waals surface area (Å²) in [5.74, 6) is -0.244. The van der Waals surface area contributed by atoms with E-state index in [9.17, 15) is 4.79 Å². The second-order valence-corrected chi connectivity index (χ2v) is 5.40. The Kier molecular flexibility index (Phi) is 5.20. The summed E-state index contributed by atoms with van der Waals surface area (Å²) >= 11 is 0. The van der Waals surface area contributed by atoms with Crippen LogP contribution >= 0.6 is 0 Å². The maximum atomic E-state index is 11.7. The Morgan fingerprint density at radius 1 is 1.36 bits per heavy atom. The molecule has 1 heterocycles. The van der Waals surface area contributed by atoms with Crippen LogP contribution in [0.4, 0.5) is 5.69 Å². The van der Waals surface area contributed by atoms with Crippen molar-refractivity contribution in [2.75, 3.05) is 11.9 Å². The van der Waals surface area contributed by atoms with Gasteiger partial charge in [0.2, 0.25) is 0 Å². The zero-order chi connectivity index (χ0) is 16.1. The molecule has 0 spiro atoms. The lowest BCUT2D eigenvalue weighted by Gasteiger charge is -2.15. The number of nitrogens with one attached hydrogen (secondary N) is 1. The van der Waals surface area contributed by atoms with E-state index in [0.29, 0.717) is 13.2 Å². The van der Waals surface area contributed by atoms with Crippen LogP contribution in [0.5, 0.6) is 0 Å². The van der Waals surface area contributed by atoms with Gasteiger partial charge in [-0.05, 0) is 51.5 Å². The molecule has 0 bridgehead atoms. The van der Waals surface area contributed by atoms with E-state index >= 15 is 0 Å². The van der Waals surface area contributed by atoms with Gasteiger partial charge in [0, 0.05) is 11.4 Å². The minimum atomic E-state index is -0.371. The molecule has 22 heavy (non-hydrogen) atoms. The van der Waals surface area contributed by atoms with Gasteiger partial charge in [0.15, 0.2) is 0 Å². The smallest absolute Gasteiger partial charge is 0.328 e. The fourth-order valence-corrected chi connectivity index (χ4v) is 2.34. The van der Waals surface area contributed by atoms with Crippen LogP contribution in [-0.2, 0) is 16.1 Å². The first-order chi connectivity index (χ1) is 10.5. The highest BCUT2D eigenvalue weighted by Crippen LogP contribution is 2.14. The lowest BCUT2D eigenvalue weighted by atomic mass is 10.2. The van der Waals surface area contributed by atoms with E-state index in [1.165, 1.54) is 0 Å². The number of hydrogen-bond donors (Lipinski definition) is 1. The number of anilines is 1. The Labute approximate surface area is 131 Å². The topological polar surface area (TPSA) is 56.1 Å². The predicted molar refractivity (Wildman–Crippen MR) is 87.0 cm³/mol. The number of rotatable bonds is 6. The van der Waals surface area contributed by atoms with Crippen LogP contribution in [0, 0.1) is 13.8 Å². The number of esters is 1. The Morgan fingerprint density at radius 2 is 2.14 bits per heavy atom. The standard InChI is InChI=1S/C17H23N3O2/c1-5-22-17(21)14(4)18-16-8-6-7-15(10-16)11-20-13(3)9-12(2)19-20/h6-10,14,18H,5,11H2,1-4H3/t14-/m1/s1. The molecule has 0 fully saturated rings. The second-order valence-electron chi connectivity index (χ2n) is 5.40. The largest absolute Gasteiger partial charge is 0.464 e. The maximum Gasteiger partial charge on any atom is 0.328 e. The molecule has 0 amide bonds.